The molecule has 1 unspecified atom stereocenters. The second-order valence-electron chi connectivity index (χ2n) is 9.02. The van der Waals surface area contributed by atoms with Crippen molar-refractivity contribution in [3.8, 4) is 5.75 Å². The lowest BCUT2D eigenvalue weighted by Gasteiger charge is -2.28. The minimum absolute atomic E-state index is 0.0377. The SMILES string of the molecule is Cc1ccc(Nc2cc3c(cc2N=Nc2cc([N+](=O)[O-])ccc2O)C(C)(C)C(C)N3C)cc1. The summed E-state index contributed by atoms with van der Waals surface area (Å²) in [5, 5.41) is 33.2. The van der Waals surface area contributed by atoms with Crippen LogP contribution < -0.4 is 10.2 Å². The molecule has 0 aliphatic carbocycles. The average Bonchev–Trinajstić information content (AvgIpc) is 2.94. The topological polar surface area (TPSA) is 103 Å². The summed E-state index contributed by atoms with van der Waals surface area (Å²) in [5.74, 6) is -0.174. The van der Waals surface area contributed by atoms with Crippen molar-refractivity contribution in [2.75, 3.05) is 17.3 Å². The van der Waals surface area contributed by atoms with Gasteiger partial charge >= 0.3 is 0 Å². The molecule has 3 aromatic carbocycles. The van der Waals surface area contributed by atoms with Crippen molar-refractivity contribution in [1.29, 1.82) is 0 Å². The maximum absolute atomic E-state index is 11.1. The van der Waals surface area contributed by atoms with E-state index in [9.17, 15) is 15.2 Å². The molecule has 0 radical (unpaired) electrons. The van der Waals surface area contributed by atoms with Crippen LogP contribution in [0.15, 0.2) is 64.8 Å². The number of nitro benzene ring substituents is 1. The van der Waals surface area contributed by atoms with Gasteiger partial charge in [-0.2, -0.15) is 0 Å². The molecular formula is C25H27N5O3. The number of likely N-dealkylation sites (N-methyl/N-ethyl adjacent to an activating group) is 1. The van der Waals surface area contributed by atoms with Gasteiger partial charge in [0, 0.05) is 42.0 Å². The van der Waals surface area contributed by atoms with Gasteiger partial charge in [-0.15, -0.1) is 10.2 Å². The monoisotopic (exact) mass is 445 g/mol. The first-order valence-electron chi connectivity index (χ1n) is 10.7. The fourth-order valence-corrected chi connectivity index (χ4v) is 4.09. The zero-order chi connectivity index (χ0) is 23.9. The molecule has 4 rings (SSSR count). The highest BCUT2D eigenvalue weighted by atomic mass is 16.6. The van der Waals surface area contributed by atoms with Gasteiger partial charge in [0.25, 0.3) is 5.69 Å². The van der Waals surface area contributed by atoms with Crippen LogP contribution in [0.3, 0.4) is 0 Å². The van der Waals surface area contributed by atoms with Gasteiger partial charge in [-0.05, 0) is 49.7 Å². The Labute approximate surface area is 192 Å². The molecular weight excluding hydrogens is 418 g/mol. The number of phenolic OH excluding ortho intramolecular Hbond substituents is 1. The van der Waals surface area contributed by atoms with Crippen LogP contribution in [0.2, 0.25) is 0 Å². The van der Waals surface area contributed by atoms with Gasteiger partial charge in [0.05, 0.1) is 10.6 Å². The number of aromatic hydroxyl groups is 1. The molecule has 1 aliphatic rings. The molecule has 0 bridgehead atoms. The number of aryl methyl sites for hydroxylation is 1. The van der Waals surface area contributed by atoms with Crippen LogP contribution in [0.1, 0.15) is 31.9 Å². The van der Waals surface area contributed by atoms with Gasteiger partial charge < -0.3 is 15.3 Å². The number of phenols is 1. The lowest BCUT2D eigenvalue weighted by Crippen LogP contribution is -2.36. The van der Waals surface area contributed by atoms with E-state index in [1.165, 1.54) is 18.2 Å². The van der Waals surface area contributed by atoms with E-state index in [0.717, 1.165) is 28.2 Å². The molecule has 1 atom stereocenters. The number of nitro groups is 1. The Bertz CT molecular complexity index is 1250. The minimum Gasteiger partial charge on any atom is -0.506 e. The Balaban J connectivity index is 1.81. The summed E-state index contributed by atoms with van der Waals surface area (Å²) < 4.78 is 0. The third-order valence-corrected chi connectivity index (χ3v) is 6.58. The second-order valence-corrected chi connectivity index (χ2v) is 9.02. The standard InChI is InChI=1S/C25H27N5O3/c1-15-6-8-17(9-7-15)26-20-14-23-19(25(3,4)16(2)29(23)5)13-21(20)27-28-22-12-18(30(32)33)10-11-24(22)31/h6-14,16,26,31H,1-5H3. The smallest absolute Gasteiger partial charge is 0.271 e. The van der Waals surface area contributed by atoms with Crippen molar-refractivity contribution in [3.63, 3.8) is 0 Å². The van der Waals surface area contributed by atoms with Crippen LogP contribution in [-0.2, 0) is 5.41 Å². The first kappa shape index (κ1) is 22.3. The highest BCUT2D eigenvalue weighted by Crippen LogP contribution is 2.48. The Kier molecular flexibility index (Phi) is 5.53. The lowest BCUT2D eigenvalue weighted by molar-refractivity contribution is -0.384. The summed E-state index contributed by atoms with van der Waals surface area (Å²) in [6, 6.07) is 16.1. The molecule has 0 spiro atoms. The molecule has 0 amide bonds. The Morgan fingerprint density at radius 1 is 1.06 bits per heavy atom. The highest BCUT2D eigenvalue weighted by molar-refractivity contribution is 5.81. The first-order valence-corrected chi connectivity index (χ1v) is 10.7. The van der Waals surface area contributed by atoms with Gasteiger partial charge in [-0.3, -0.25) is 10.1 Å². The minimum atomic E-state index is -0.530. The molecule has 8 nitrogen and oxygen atoms in total. The van der Waals surface area contributed by atoms with Gasteiger partial charge in [0.15, 0.2) is 0 Å². The lowest BCUT2D eigenvalue weighted by atomic mass is 9.81. The highest BCUT2D eigenvalue weighted by Gasteiger charge is 2.40. The summed E-state index contributed by atoms with van der Waals surface area (Å²) >= 11 is 0. The van der Waals surface area contributed by atoms with Crippen LogP contribution >= 0.6 is 0 Å². The molecule has 1 aliphatic heterocycles. The largest absolute Gasteiger partial charge is 0.506 e. The number of non-ortho nitro benzene ring substituents is 1. The molecule has 0 saturated heterocycles. The number of nitrogens with zero attached hydrogens (tertiary/aromatic N) is 4. The Morgan fingerprint density at radius 3 is 2.39 bits per heavy atom. The number of hydrogen-bond acceptors (Lipinski definition) is 7. The van der Waals surface area contributed by atoms with Crippen LogP contribution in [0.5, 0.6) is 5.75 Å². The van der Waals surface area contributed by atoms with Crippen molar-refractivity contribution in [2.24, 2.45) is 10.2 Å². The zero-order valence-corrected chi connectivity index (χ0v) is 19.3. The maximum Gasteiger partial charge on any atom is 0.271 e. The van der Waals surface area contributed by atoms with E-state index in [4.69, 9.17) is 0 Å². The predicted octanol–water partition coefficient (Wildman–Crippen LogP) is 6.88. The molecule has 1 heterocycles. The third kappa shape index (κ3) is 4.11. The van der Waals surface area contributed by atoms with E-state index in [1.807, 2.05) is 37.3 Å². The molecule has 8 heteroatoms. The van der Waals surface area contributed by atoms with Crippen molar-refractivity contribution in [3.05, 3.63) is 75.8 Å². The van der Waals surface area contributed by atoms with E-state index in [0.29, 0.717) is 5.69 Å². The normalized spacial score (nSPS) is 16.8. The van der Waals surface area contributed by atoms with Crippen molar-refractivity contribution in [2.45, 2.75) is 39.2 Å². The number of hydrogen-bond donors (Lipinski definition) is 2. The summed E-state index contributed by atoms with van der Waals surface area (Å²) in [6.45, 7) is 8.61. The summed E-state index contributed by atoms with van der Waals surface area (Å²) in [7, 11) is 2.08. The van der Waals surface area contributed by atoms with Gasteiger partial charge in [0.1, 0.15) is 17.1 Å². The average molecular weight is 446 g/mol. The molecule has 170 valence electrons. The van der Waals surface area contributed by atoms with Crippen molar-refractivity contribution >= 4 is 34.1 Å². The van der Waals surface area contributed by atoms with Gasteiger partial charge in [-0.1, -0.05) is 31.5 Å². The quantitative estimate of drug-likeness (QED) is 0.253. The third-order valence-electron chi connectivity index (χ3n) is 6.58. The molecule has 0 saturated carbocycles. The molecule has 0 aromatic heterocycles. The van der Waals surface area contributed by atoms with Crippen molar-refractivity contribution < 1.29 is 10.0 Å². The number of nitrogens with one attached hydrogen (secondary N) is 1. The van der Waals surface area contributed by atoms with Gasteiger partial charge in [0.2, 0.25) is 0 Å². The van der Waals surface area contributed by atoms with Crippen LogP contribution in [0.25, 0.3) is 0 Å². The number of fused-ring (bicyclic) bond motifs is 1. The molecule has 33 heavy (non-hydrogen) atoms. The van der Waals surface area contributed by atoms with Crippen molar-refractivity contribution in [1.82, 2.24) is 0 Å². The number of azo groups is 1. The van der Waals surface area contributed by atoms with E-state index in [1.54, 1.807) is 0 Å². The van der Waals surface area contributed by atoms with Gasteiger partial charge in [-0.25, -0.2) is 0 Å². The summed E-state index contributed by atoms with van der Waals surface area (Å²) in [4.78, 5) is 12.8. The van der Waals surface area contributed by atoms with Crippen LogP contribution in [0, 0.1) is 17.0 Å². The Hall–Kier alpha value is -3.94. The van der Waals surface area contributed by atoms with E-state index >= 15 is 0 Å². The summed E-state index contributed by atoms with van der Waals surface area (Å²) in [5.41, 5.74) is 5.42. The fourth-order valence-electron chi connectivity index (χ4n) is 4.09. The fraction of sp³-hybridized carbons (Fsp3) is 0.280. The summed E-state index contributed by atoms with van der Waals surface area (Å²) in [6.07, 6.45) is 0. The van der Waals surface area contributed by atoms with E-state index < -0.39 is 4.92 Å². The number of rotatable bonds is 5. The Morgan fingerprint density at radius 2 is 1.73 bits per heavy atom. The first-order chi connectivity index (χ1) is 15.6. The number of benzene rings is 3. The molecule has 2 N–H and O–H groups in total. The maximum atomic E-state index is 11.1. The predicted molar refractivity (Wildman–Crippen MR) is 131 cm³/mol. The second kappa shape index (κ2) is 8.20. The van der Waals surface area contributed by atoms with Crippen LogP contribution in [0.4, 0.5) is 34.1 Å². The molecule has 0 fully saturated rings. The van der Waals surface area contributed by atoms with Crippen LogP contribution in [-0.4, -0.2) is 23.1 Å². The molecule has 3 aromatic rings. The van der Waals surface area contributed by atoms with E-state index in [2.05, 4.69) is 54.3 Å². The van der Waals surface area contributed by atoms with E-state index in [-0.39, 0.29) is 28.6 Å². The zero-order valence-electron chi connectivity index (χ0n) is 19.3. The number of anilines is 3.